The fourth-order valence-electron chi connectivity index (χ4n) is 3.14. The van der Waals surface area contributed by atoms with Gasteiger partial charge in [0.2, 0.25) is 0 Å². The molecular formula is C15H25NO. The van der Waals surface area contributed by atoms with E-state index in [9.17, 15) is 5.11 Å². The van der Waals surface area contributed by atoms with Gasteiger partial charge in [-0.2, -0.15) is 0 Å². The lowest BCUT2D eigenvalue weighted by atomic mass is 9.95. The van der Waals surface area contributed by atoms with Gasteiger partial charge in [-0.1, -0.05) is 19.8 Å². The van der Waals surface area contributed by atoms with Crippen LogP contribution in [0.2, 0.25) is 0 Å². The lowest BCUT2D eigenvalue weighted by Gasteiger charge is -2.24. The summed E-state index contributed by atoms with van der Waals surface area (Å²) in [6.07, 6.45) is 6.76. The topological polar surface area (TPSA) is 25.2 Å². The molecule has 0 amide bonds. The Labute approximate surface area is 105 Å². The van der Waals surface area contributed by atoms with Gasteiger partial charge in [-0.3, -0.25) is 0 Å². The first kappa shape index (κ1) is 12.7. The van der Waals surface area contributed by atoms with E-state index >= 15 is 0 Å². The van der Waals surface area contributed by atoms with Crippen molar-refractivity contribution in [2.45, 2.75) is 71.4 Å². The summed E-state index contributed by atoms with van der Waals surface area (Å²) in [5.74, 6) is 0. The smallest absolute Gasteiger partial charge is 0.0807 e. The van der Waals surface area contributed by atoms with E-state index in [1.165, 1.54) is 36.2 Å². The van der Waals surface area contributed by atoms with Gasteiger partial charge in [0.15, 0.2) is 0 Å². The van der Waals surface area contributed by atoms with Crippen molar-refractivity contribution in [2.24, 2.45) is 0 Å². The van der Waals surface area contributed by atoms with Gasteiger partial charge in [0.05, 0.1) is 6.10 Å². The molecule has 0 saturated heterocycles. The Bertz CT molecular complexity index is 381. The predicted octanol–water partition coefficient (Wildman–Crippen LogP) is 3.92. The van der Waals surface area contributed by atoms with E-state index in [0.29, 0.717) is 6.04 Å². The van der Waals surface area contributed by atoms with Crippen LogP contribution < -0.4 is 0 Å². The lowest BCUT2D eigenvalue weighted by molar-refractivity contribution is 0.155. The molecule has 2 heteroatoms. The van der Waals surface area contributed by atoms with Gasteiger partial charge in [-0.05, 0) is 45.6 Å². The van der Waals surface area contributed by atoms with Gasteiger partial charge in [-0.25, -0.2) is 0 Å². The first-order chi connectivity index (χ1) is 8.15. The summed E-state index contributed by atoms with van der Waals surface area (Å²) in [4.78, 5) is 0. The molecule has 0 radical (unpaired) electrons. The van der Waals surface area contributed by atoms with Gasteiger partial charge in [0.1, 0.15) is 0 Å². The summed E-state index contributed by atoms with van der Waals surface area (Å²) in [6, 6.07) is 2.77. The molecule has 1 aromatic heterocycles. The Balaban J connectivity index is 2.27. The van der Waals surface area contributed by atoms with Crippen molar-refractivity contribution in [2.75, 3.05) is 0 Å². The highest BCUT2D eigenvalue weighted by Gasteiger charge is 2.24. The Morgan fingerprint density at radius 2 is 2.29 bits per heavy atom. The monoisotopic (exact) mass is 235 g/mol. The number of aryl methyl sites for hydroxylation is 1. The highest BCUT2D eigenvalue weighted by atomic mass is 16.3. The minimum atomic E-state index is -0.225. The molecule has 2 nitrogen and oxygen atoms in total. The molecule has 96 valence electrons. The van der Waals surface area contributed by atoms with Crippen LogP contribution in [0.25, 0.3) is 0 Å². The maximum atomic E-state index is 10.0. The Morgan fingerprint density at radius 1 is 1.53 bits per heavy atom. The number of hydrogen-bond acceptors (Lipinski definition) is 1. The van der Waals surface area contributed by atoms with E-state index in [-0.39, 0.29) is 6.10 Å². The second-order valence-electron chi connectivity index (χ2n) is 5.46. The van der Waals surface area contributed by atoms with Crippen molar-refractivity contribution >= 4 is 0 Å². The van der Waals surface area contributed by atoms with Crippen LogP contribution in [0.3, 0.4) is 0 Å². The largest absolute Gasteiger partial charge is 0.388 e. The average Bonchev–Trinajstić information content (AvgIpc) is 2.64. The summed E-state index contributed by atoms with van der Waals surface area (Å²) in [5, 5.41) is 10.0. The number of aliphatic hydroxyl groups excluding tert-OH is 1. The van der Waals surface area contributed by atoms with Crippen molar-refractivity contribution in [3.8, 4) is 0 Å². The van der Waals surface area contributed by atoms with E-state index in [0.717, 1.165) is 19.3 Å². The summed E-state index contributed by atoms with van der Waals surface area (Å²) in [7, 11) is 0. The van der Waals surface area contributed by atoms with E-state index < -0.39 is 0 Å². The maximum absolute atomic E-state index is 10.0. The maximum Gasteiger partial charge on any atom is 0.0807 e. The van der Waals surface area contributed by atoms with Crippen LogP contribution >= 0.6 is 0 Å². The van der Waals surface area contributed by atoms with Crippen LogP contribution in [-0.2, 0) is 6.42 Å². The quantitative estimate of drug-likeness (QED) is 0.840. The molecule has 0 bridgehead atoms. The molecular weight excluding hydrogens is 210 g/mol. The highest BCUT2D eigenvalue weighted by Crippen LogP contribution is 2.34. The van der Waals surface area contributed by atoms with Crippen LogP contribution in [0.15, 0.2) is 6.07 Å². The Morgan fingerprint density at radius 3 is 3.00 bits per heavy atom. The number of fused-ring (bicyclic) bond motifs is 1. The van der Waals surface area contributed by atoms with Crippen LogP contribution in [-0.4, -0.2) is 9.67 Å². The molecule has 0 spiro atoms. The summed E-state index contributed by atoms with van der Waals surface area (Å²) in [6.45, 7) is 6.73. The first-order valence-corrected chi connectivity index (χ1v) is 7.03. The standard InChI is InChI=1S/C15H25NO/c1-4-5-7-11(2)16-12(3)10-13-14(16)8-6-9-15(13)17/h10-11,15,17H,4-9H2,1-3H3. The van der Waals surface area contributed by atoms with Gasteiger partial charge in [0.25, 0.3) is 0 Å². The third-order valence-electron chi connectivity index (χ3n) is 4.03. The van der Waals surface area contributed by atoms with E-state index in [4.69, 9.17) is 0 Å². The minimum Gasteiger partial charge on any atom is -0.388 e. The van der Waals surface area contributed by atoms with Crippen molar-refractivity contribution in [1.29, 1.82) is 0 Å². The molecule has 2 atom stereocenters. The number of unbranched alkanes of at least 4 members (excludes halogenated alkanes) is 1. The van der Waals surface area contributed by atoms with Gasteiger partial charge < -0.3 is 9.67 Å². The summed E-state index contributed by atoms with van der Waals surface area (Å²) < 4.78 is 2.47. The Hall–Kier alpha value is -0.760. The molecule has 1 aromatic rings. The minimum absolute atomic E-state index is 0.225. The van der Waals surface area contributed by atoms with Gasteiger partial charge in [0, 0.05) is 23.0 Å². The fourth-order valence-corrected chi connectivity index (χ4v) is 3.14. The predicted molar refractivity (Wildman–Crippen MR) is 71.3 cm³/mol. The first-order valence-electron chi connectivity index (χ1n) is 7.03. The molecule has 2 rings (SSSR count). The third kappa shape index (κ3) is 2.42. The molecule has 2 unspecified atom stereocenters. The molecule has 1 N–H and O–H groups in total. The lowest BCUT2D eigenvalue weighted by Crippen LogP contribution is -2.15. The second-order valence-corrected chi connectivity index (χ2v) is 5.46. The average molecular weight is 235 g/mol. The van der Waals surface area contributed by atoms with Gasteiger partial charge >= 0.3 is 0 Å². The van der Waals surface area contributed by atoms with Crippen LogP contribution in [0.5, 0.6) is 0 Å². The van der Waals surface area contributed by atoms with Crippen LogP contribution in [0, 0.1) is 6.92 Å². The summed E-state index contributed by atoms with van der Waals surface area (Å²) in [5.41, 5.74) is 3.90. The van der Waals surface area contributed by atoms with E-state index in [2.05, 4.69) is 31.4 Å². The number of hydrogen-bond donors (Lipinski definition) is 1. The van der Waals surface area contributed by atoms with Crippen molar-refractivity contribution in [1.82, 2.24) is 4.57 Å². The number of aromatic nitrogens is 1. The number of nitrogens with zero attached hydrogens (tertiary/aromatic N) is 1. The number of aliphatic hydroxyl groups is 1. The number of rotatable bonds is 4. The highest BCUT2D eigenvalue weighted by molar-refractivity contribution is 5.32. The fraction of sp³-hybridized carbons (Fsp3) is 0.733. The zero-order chi connectivity index (χ0) is 12.4. The molecule has 0 aromatic carbocycles. The molecule has 1 aliphatic carbocycles. The second kappa shape index (κ2) is 5.26. The van der Waals surface area contributed by atoms with Crippen molar-refractivity contribution in [3.63, 3.8) is 0 Å². The van der Waals surface area contributed by atoms with E-state index in [1.54, 1.807) is 0 Å². The van der Waals surface area contributed by atoms with Gasteiger partial charge in [-0.15, -0.1) is 0 Å². The van der Waals surface area contributed by atoms with E-state index in [1.807, 2.05) is 0 Å². The third-order valence-corrected chi connectivity index (χ3v) is 4.03. The van der Waals surface area contributed by atoms with Crippen LogP contribution in [0.1, 0.15) is 75.0 Å². The zero-order valence-corrected chi connectivity index (χ0v) is 11.4. The van der Waals surface area contributed by atoms with Crippen molar-refractivity contribution in [3.05, 3.63) is 23.0 Å². The van der Waals surface area contributed by atoms with Crippen LogP contribution in [0.4, 0.5) is 0 Å². The molecule has 0 aliphatic heterocycles. The molecule has 1 heterocycles. The normalized spacial score (nSPS) is 21.3. The Kier molecular flexibility index (Phi) is 3.93. The SMILES string of the molecule is CCCCC(C)n1c(C)cc2c1CCCC2O. The molecule has 17 heavy (non-hydrogen) atoms. The zero-order valence-electron chi connectivity index (χ0n) is 11.4. The van der Waals surface area contributed by atoms with Crippen molar-refractivity contribution < 1.29 is 5.11 Å². The molecule has 0 fully saturated rings. The summed E-state index contributed by atoms with van der Waals surface area (Å²) >= 11 is 0. The molecule has 1 aliphatic rings. The molecule has 0 saturated carbocycles.